The summed E-state index contributed by atoms with van der Waals surface area (Å²) in [5.41, 5.74) is 3.35. The van der Waals surface area contributed by atoms with Crippen LogP contribution in [-0.4, -0.2) is 73.9 Å². The van der Waals surface area contributed by atoms with E-state index in [1.54, 1.807) is 23.5 Å². The van der Waals surface area contributed by atoms with E-state index in [9.17, 15) is 13.2 Å². The number of piperidine rings is 1. The molecule has 8 heteroatoms. The van der Waals surface area contributed by atoms with E-state index in [4.69, 9.17) is 4.74 Å². The topological polar surface area (TPSA) is 70.2 Å². The lowest BCUT2D eigenvalue weighted by molar-refractivity contribution is 0.0601. The predicted octanol–water partition coefficient (Wildman–Crippen LogP) is 7.29. The molecule has 0 bridgehead atoms. The summed E-state index contributed by atoms with van der Waals surface area (Å²) in [4.78, 5) is 17.7. The molecule has 1 aliphatic carbocycles. The maximum atomic E-state index is 13.8. The van der Waals surface area contributed by atoms with Crippen LogP contribution in [0.2, 0.25) is 0 Å². The number of carbonyl (C=O) groups is 1. The van der Waals surface area contributed by atoms with E-state index in [2.05, 4.69) is 49.9 Å². The standard InChI is InChI=1S/C38H51N3O4S/c1-6-41(37(42)45-28-29-13-9-7-10-14-29)33-21-23-40(24-22-33)27-31-25-34(26-36(31)30-15-11-8-12-16-30)39(5)46(43,44)35-19-17-32(18-20-35)38(2,3)4/h7-20,31,33-34,36H,6,21-28H2,1-5H3. The van der Waals surface area contributed by atoms with Crippen LogP contribution in [0.25, 0.3) is 0 Å². The number of hydrogen-bond acceptors (Lipinski definition) is 5. The molecule has 7 nitrogen and oxygen atoms in total. The van der Waals surface area contributed by atoms with Gasteiger partial charge in [0.15, 0.2) is 0 Å². The van der Waals surface area contributed by atoms with Crippen molar-refractivity contribution in [2.24, 2.45) is 5.92 Å². The van der Waals surface area contributed by atoms with Gasteiger partial charge in [-0.3, -0.25) is 0 Å². The van der Waals surface area contributed by atoms with Gasteiger partial charge in [0.25, 0.3) is 0 Å². The van der Waals surface area contributed by atoms with Gasteiger partial charge in [-0.05, 0) is 78.7 Å². The van der Waals surface area contributed by atoms with Crippen molar-refractivity contribution in [3.8, 4) is 0 Å². The van der Waals surface area contributed by atoms with Gasteiger partial charge in [0, 0.05) is 45.3 Å². The molecule has 1 heterocycles. The summed E-state index contributed by atoms with van der Waals surface area (Å²) in [7, 11) is -1.87. The minimum Gasteiger partial charge on any atom is -0.445 e. The number of hydrogen-bond donors (Lipinski definition) is 0. The lowest BCUT2D eigenvalue weighted by Gasteiger charge is -2.39. The lowest BCUT2D eigenvalue weighted by Crippen LogP contribution is -2.48. The first-order chi connectivity index (χ1) is 22.0. The lowest BCUT2D eigenvalue weighted by atomic mass is 9.87. The molecular formula is C38H51N3O4S. The zero-order chi connectivity index (χ0) is 32.9. The number of ether oxygens (including phenoxy) is 1. The van der Waals surface area contributed by atoms with Crippen LogP contribution in [0.1, 0.15) is 76.0 Å². The van der Waals surface area contributed by atoms with Crippen molar-refractivity contribution in [2.45, 2.75) is 88.3 Å². The van der Waals surface area contributed by atoms with Gasteiger partial charge in [-0.1, -0.05) is 93.6 Å². The Morgan fingerprint density at radius 1 is 0.870 bits per heavy atom. The van der Waals surface area contributed by atoms with Crippen LogP contribution in [0.5, 0.6) is 0 Å². The van der Waals surface area contributed by atoms with Gasteiger partial charge in [0.1, 0.15) is 6.61 Å². The van der Waals surface area contributed by atoms with Gasteiger partial charge in [-0.25, -0.2) is 13.2 Å². The van der Waals surface area contributed by atoms with Crippen molar-refractivity contribution in [1.82, 2.24) is 14.1 Å². The Morgan fingerprint density at radius 3 is 2.07 bits per heavy atom. The number of amides is 1. The Bertz CT molecular complexity index is 1520. The molecule has 0 aromatic heterocycles. The van der Waals surface area contributed by atoms with Gasteiger partial charge in [0.05, 0.1) is 4.90 Å². The predicted molar refractivity (Wildman–Crippen MR) is 184 cm³/mol. The monoisotopic (exact) mass is 645 g/mol. The molecule has 3 atom stereocenters. The normalized spacial score (nSPS) is 21.4. The molecule has 5 rings (SSSR count). The summed E-state index contributed by atoms with van der Waals surface area (Å²) >= 11 is 0. The highest BCUT2D eigenvalue weighted by molar-refractivity contribution is 7.89. The Morgan fingerprint density at radius 2 is 1.48 bits per heavy atom. The van der Waals surface area contributed by atoms with Crippen molar-refractivity contribution < 1.29 is 17.9 Å². The molecule has 1 aliphatic heterocycles. The van der Waals surface area contributed by atoms with Crippen molar-refractivity contribution in [2.75, 3.05) is 33.2 Å². The summed E-state index contributed by atoms with van der Waals surface area (Å²) in [5, 5.41) is 0. The van der Waals surface area contributed by atoms with E-state index in [-0.39, 0.29) is 36.1 Å². The molecule has 2 aliphatic rings. The second-order valence-corrected chi connectivity index (χ2v) is 16.1. The Labute approximate surface area is 276 Å². The Balaban J connectivity index is 1.22. The fourth-order valence-electron chi connectivity index (χ4n) is 7.28. The summed E-state index contributed by atoms with van der Waals surface area (Å²) < 4.78 is 34.9. The van der Waals surface area contributed by atoms with Crippen LogP contribution < -0.4 is 0 Å². The second kappa shape index (κ2) is 14.7. The molecule has 46 heavy (non-hydrogen) atoms. The third-order valence-corrected chi connectivity index (χ3v) is 12.0. The first-order valence-corrected chi connectivity index (χ1v) is 18.2. The van der Waals surface area contributed by atoms with E-state index < -0.39 is 10.0 Å². The van der Waals surface area contributed by atoms with Crippen LogP contribution in [0.4, 0.5) is 4.79 Å². The molecule has 1 amide bonds. The van der Waals surface area contributed by atoms with Crippen LogP contribution in [0.15, 0.2) is 89.8 Å². The van der Waals surface area contributed by atoms with E-state index >= 15 is 0 Å². The number of carbonyl (C=O) groups excluding carboxylic acids is 1. The number of sulfonamides is 1. The molecule has 3 aromatic rings. The van der Waals surface area contributed by atoms with E-state index in [1.165, 1.54) is 5.56 Å². The first kappa shape index (κ1) is 34.1. The summed E-state index contributed by atoms with van der Waals surface area (Å²) in [6, 6.07) is 27.9. The summed E-state index contributed by atoms with van der Waals surface area (Å²) in [6.45, 7) is 12.1. The zero-order valence-corrected chi connectivity index (χ0v) is 29.0. The van der Waals surface area contributed by atoms with Gasteiger partial charge in [0.2, 0.25) is 10.0 Å². The van der Waals surface area contributed by atoms with Gasteiger partial charge in [-0.2, -0.15) is 4.31 Å². The van der Waals surface area contributed by atoms with Crippen LogP contribution in [0, 0.1) is 5.92 Å². The smallest absolute Gasteiger partial charge is 0.410 e. The largest absolute Gasteiger partial charge is 0.445 e. The summed E-state index contributed by atoms with van der Waals surface area (Å²) in [6.07, 6.45) is 3.18. The maximum Gasteiger partial charge on any atom is 0.410 e. The average Bonchev–Trinajstić information content (AvgIpc) is 3.48. The second-order valence-electron chi connectivity index (χ2n) is 14.1. The Hall–Kier alpha value is -3.20. The number of likely N-dealkylation sites (tertiary alicyclic amines) is 1. The minimum absolute atomic E-state index is 0.0370. The molecule has 1 saturated heterocycles. The van der Waals surface area contributed by atoms with Crippen molar-refractivity contribution in [3.63, 3.8) is 0 Å². The molecule has 1 saturated carbocycles. The number of benzene rings is 3. The van der Waals surface area contributed by atoms with E-state index in [1.807, 2.05) is 60.4 Å². The fraction of sp³-hybridized carbons (Fsp3) is 0.500. The van der Waals surface area contributed by atoms with Crippen LogP contribution >= 0.6 is 0 Å². The van der Waals surface area contributed by atoms with Gasteiger partial charge < -0.3 is 14.5 Å². The fourth-order valence-corrected chi connectivity index (χ4v) is 8.65. The third kappa shape index (κ3) is 8.01. The highest BCUT2D eigenvalue weighted by Crippen LogP contribution is 2.43. The molecular weight excluding hydrogens is 595 g/mol. The van der Waals surface area contributed by atoms with Crippen LogP contribution in [0.3, 0.4) is 0 Å². The molecule has 0 spiro atoms. The molecule has 0 N–H and O–H groups in total. The third-order valence-electron chi connectivity index (χ3n) is 10.1. The van der Waals surface area contributed by atoms with Crippen molar-refractivity contribution in [3.05, 3.63) is 102 Å². The zero-order valence-electron chi connectivity index (χ0n) is 28.1. The number of nitrogens with zero attached hydrogens (tertiary/aromatic N) is 3. The van der Waals surface area contributed by atoms with Crippen molar-refractivity contribution in [1.29, 1.82) is 0 Å². The van der Waals surface area contributed by atoms with Gasteiger partial charge >= 0.3 is 6.09 Å². The molecule has 0 radical (unpaired) electrons. The van der Waals surface area contributed by atoms with E-state index in [0.717, 1.165) is 56.4 Å². The number of rotatable bonds is 10. The quantitative estimate of drug-likeness (QED) is 0.232. The first-order valence-electron chi connectivity index (χ1n) is 16.8. The SMILES string of the molecule is CCN(C(=O)OCc1ccccc1)C1CCN(CC2CC(N(C)S(=O)(=O)c3ccc(C(C)(C)C)cc3)CC2c2ccccc2)CC1. The summed E-state index contributed by atoms with van der Waals surface area (Å²) in [5.74, 6) is 0.618. The van der Waals surface area contributed by atoms with E-state index in [0.29, 0.717) is 17.4 Å². The molecule has 3 aromatic carbocycles. The Kier molecular flexibility index (Phi) is 10.9. The highest BCUT2D eigenvalue weighted by atomic mass is 32.2. The maximum absolute atomic E-state index is 13.8. The average molecular weight is 646 g/mol. The molecule has 3 unspecified atom stereocenters. The van der Waals surface area contributed by atoms with Crippen molar-refractivity contribution >= 4 is 16.1 Å². The molecule has 2 fully saturated rings. The van der Waals surface area contributed by atoms with Crippen LogP contribution in [-0.2, 0) is 26.8 Å². The molecule has 248 valence electrons. The highest BCUT2D eigenvalue weighted by Gasteiger charge is 2.42. The minimum atomic E-state index is -3.63. The van der Waals surface area contributed by atoms with Gasteiger partial charge in [-0.15, -0.1) is 0 Å².